The van der Waals surface area contributed by atoms with Gasteiger partial charge in [-0.1, -0.05) is 6.07 Å². The summed E-state index contributed by atoms with van der Waals surface area (Å²) in [4.78, 5) is 11.2. The van der Waals surface area contributed by atoms with E-state index in [0.717, 1.165) is 17.9 Å². The minimum Gasteiger partial charge on any atom is -0.469 e. The van der Waals surface area contributed by atoms with Crippen LogP contribution in [0, 0.1) is 0 Å². The van der Waals surface area contributed by atoms with Crippen LogP contribution in [0.2, 0.25) is 0 Å². The summed E-state index contributed by atoms with van der Waals surface area (Å²) in [7, 11) is 1.34. The van der Waals surface area contributed by atoms with Crippen LogP contribution in [0.4, 0.5) is 16.2 Å². The highest BCUT2D eigenvalue weighted by Crippen LogP contribution is 2.17. The Morgan fingerprint density at radius 2 is 2.10 bits per heavy atom. The zero-order valence-corrected chi connectivity index (χ0v) is 11.6. The maximum absolute atomic E-state index is 11.2. The van der Waals surface area contributed by atoms with Crippen LogP contribution in [0.3, 0.4) is 0 Å². The molecule has 1 amide bonds. The molecule has 5 nitrogen and oxygen atoms in total. The molecule has 1 atom stereocenters. The summed E-state index contributed by atoms with van der Waals surface area (Å²) >= 11 is 0. The van der Waals surface area contributed by atoms with Crippen molar-refractivity contribution in [2.24, 2.45) is 0 Å². The third kappa shape index (κ3) is 4.05. The molecule has 1 aromatic heterocycles. The molecule has 0 bridgehead atoms. The van der Waals surface area contributed by atoms with Gasteiger partial charge in [0.1, 0.15) is 5.76 Å². The molecule has 1 aromatic carbocycles. The normalized spacial score (nSPS) is 11.7. The van der Waals surface area contributed by atoms with E-state index in [-0.39, 0.29) is 6.04 Å². The van der Waals surface area contributed by atoms with Gasteiger partial charge in [-0.05, 0) is 37.3 Å². The molecule has 0 saturated carbocycles. The highest BCUT2D eigenvalue weighted by atomic mass is 16.5. The molecule has 0 aliphatic carbocycles. The smallest absolute Gasteiger partial charge is 0.411 e. The molecule has 0 fully saturated rings. The average Bonchev–Trinajstić information content (AvgIpc) is 2.91. The number of benzene rings is 1. The molecule has 0 radical (unpaired) electrons. The number of hydrogen-bond acceptors (Lipinski definition) is 4. The number of ether oxygens (including phenoxy) is 1. The topological polar surface area (TPSA) is 63.5 Å². The van der Waals surface area contributed by atoms with Crippen molar-refractivity contribution in [2.45, 2.75) is 19.4 Å². The van der Waals surface area contributed by atoms with Crippen LogP contribution in [0.5, 0.6) is 0 Å². The molecule has 0 aliphatic heterocycles. The second-order valence-electron chi connectivity index (χ2n) is 4.53. The molecule has 1 unspecified atom stereocenters. The maximum atomic E-state index is 11.2. The lowest BCUT2D eigenvalue weighted by Crippen LogP contribution is -2.18. The van der Waals surface area contributed by atoms with E-state index in [1.165, 1.54) is 7.11 Å². The van der Waals surface area contributed by atoms with Crippen molar-refractivity contribution in [1.29, 1.82) is 0 Å². The number of carbonyl (C=O) groups is 1. The van der Waals surface area contributed by atoms with Crippen LogP contribution in [-0.2, 0) is 11.2 Å². The molecule has 5 heteroatoms. The summed E-state index contributed by atoms with van der Waals surface area (Å²) < 4.78 is 9.88. The van der Waals surface area contributed by atoms with E-state index in [1.54, 1.807) is 12.3 Å². The summed E-state index contributed by atoms with van der Waals surface area (Å²) in [5.74, 6) is 0.939. The quantitative estimate of drug-likeness (QED) is 0.876. The number of amides is 1. The predicted molar refractivity (Wildman–Crippen MR) is 78.0 cm³/mol. The minimum atomic E-state index is -0.481. The van der Waals surface area contributed by atoms with Crippen molar-refractivity contribution in [1.82, 2.24) is 0 Å². The second kappa shape index (κ2) is 6.65. The average molecular weight is 274 g/mol. The molecule has 2 N–H and O–H groups in total. The molecule has 2 rings (SSSR count). The number of rotatable bonds is 5. The first-order chi connectivity index (χ1) is 9.67. The summed E-state index contributed by atoms with van der Waals surface area (Å²) in [5, 5.41) is 5.99. The van der Waals surface area contributed by atoms with Crippen molar-refractivity contribution >= 4 is 17.5 Å². The predicted octanol–water partition coefficient (Wildman–Crippen LogP) is 3.50. The van der Waals surface area contributed by atoms with Gasteiger partial charge in [0.15, 0.2) is 0 Å². The number of hydrogen-bond donors (Lipinski definition) is 2. The first kappa shape index (κ1) is 14.0. The second-order valence-corrected chi connectivity index (χ2v) is 4.53. The molecule has 20 heavy (non-hydrogen) atoms. The fourth-order valence-corrected chi connectivity index (χ4v) is 1.92. The SMILES string of the molecule is COC(=O)Nc1cccc(NC(C)Cc2ccco2)c1. The molecule has 2 aromatic rings. The Balaban J connectivity index is 1.95. The number of nitrogens with one attached hydrogen (secondary N) is 2. The Labute approximate surface area is 117 Å². The minimum absolute atomic E-state index is 0.217. The maximum Gasteiger partial charge on any atom is 0.411 e. The van der Waals surface area contributed by atoms with E-state index in [1.807, 2.05) is 30.3 Å². The van der Waals surface area contributed by atoms with Crippen LogP contribution in [0.25, 0.3) is 0 Å². The van der Waals surface area contributed by atoms with Gasteiger partial charge in [0.05, 0.1) is 13.4 Å². The third-order valence-corrected chi connectivity index (χ3v) is 2.79. The zero-order chi connectivity index (χ0) is 14.4. The van der Waals surface area contributed by atoms with E-state index in [0.29, 0.717) is 5.69 Å². The number of furan rings is 1. The Morgan fingerprint density at radius 1 is 1.30 bits per heavy atom. The Hall–Kier alpha value is -2.43. The van der Waals surface area contributed by atoms with Crippen LogP contribution in [0.15, 0.2) is 47.1 Å². The highest BCUT2D eigenvalue weighted by molar-refractivity contribution is 5.85. The lowest BCUT2D eigenvalue weighted by molar-refractivity contribution is 0.187. The van der Waals surface area contributed by atoms with Crippen molar-refractivity contribution in [3.63, 3.8) is 0 Å². The Bertz CT molecular complexity index is 552. The number of anilines is 2. The lowest BCUT2D eigenvalue weighted by Gasteiger charge is -2.15. The van der Waals surface area contributed by atoms with Gasteiger partial charge >= 0.3 is 6.09 Å². The van der Waals surface area contributed by atoms with Crippen molar-refractivity contribution in [2.75, 3.05) is 17.7 Å². The fraction of sp³-hybridized carbons (Fsp3) is 0.267. The fourth-order valence-electron chi connectivity index (χ4n) is 1.92. The van der Waals surface area contributed by atoms with Crippen molar-refractivity contribution in [3.8, 4) is 0 Å². The van der Waals surface area contributed by atoms with Gasteiger partial charge in [-0.2, -0.15) is 0 Å². The molecule has 0 spiro atoms. The zero-order valence-electron chi connectivity index (χ0n) is 11.6. The summed E-state index contributed by atoms with van der Waals surface area (Å²) in [6.45, 7) is 2.07. The van der Waals surface area contributed by atoms with Crippen LogP contribution in [0.1, 0.15) is 12.7 Å². The van der Waals surface area contributed by atoms with E-state index in [2.05, 4.69) is 22.3 Å². The van der Waals surface area contributed by atoms with Crippen molar-refractivity contribution < 1.29 is 13.9 Å². The van der Waals surface area contributed by atoms with Gasteiger partial charge in [0, 0.05) is 23.8 Å². The van der Waals surface area contributed by atoms with Crippen LogP contribution >= 0.6 is 0 Å². The van der Waals surface area contributed by atoms with E-state index >= 15 is 0 Å². The number of carbonyl (C=O) groups excluding carboxylic acids is 1. The largest absolute Gasteiger partial charge is 0.469 e. The lowest BCUT2D eigenvalue weighted by atomic mass is 10.2. The van der Waals surface area contributed by atoms with Crippen LogP contribution < -0.4 is 10.6 Å². The van der Waals surface area contributed by atoms with Crippen LogP contribution in [-0.4, -0.2) is 19.2 Å². The van der Waals surface area contributed by atoms with Gasteiger partial charge < -0.3 is 14.5 Å². The number of methoxy groups -OCH3 is 1. The van der Waals surface area contributed by atoms with Gasteiger partial charge in [-0.15, -0.1) is 0 Å². The summed E-state index contributed by atoms with van der Waals surface area (Å²) in [5.41, 5.74) is 1.62. The Kier molecular flexibility index (Phi) is 4.65. The standard InChI is InChI=1S/C15H18N2O3/c1-11(9-14-7-4-8-20-14)16-12-5-3-6-13(10-12)17-15(18)19-2/h3-8,10-11,16H,9H2,1-2H3,(H,17,18). The van der Waals surface area contributed by atoms with E-state index < -0.39 is 6.09 Å². The van der Waals surface area contributed by atoms with E-state index in [4.69, 9.17) is 4.42 Å². The van der Waals surface area contributed by atoms with Gasteiger partial charge in [0.25, 0.3) is 0 Å². The van der Waals surface area contributed by atoms with Gasteiger partial charge in [0.2, 0.25) is 0 Å². The van der Waals surface area contributed by atoms with E-state index in [9.17, 15) is 4.79 Å². The summed E-state index contributed by atoms with van der Waals surface area (Å²) in [6.07, 6.45) is 1.98. The molecule has 106 valence electrons. The molecular formula is C15H18N2O3. The van der Waals surface area contributed by atoms with Gasteiger partial charge in [-0.3, -0.25) is 5.32 Å². The van der Waals surface area contributed by atoms with Gasteiger partial charge in [-0.25, -0.2) is 4.79 Å². The first-order valence-electron chi connectivity index (χ1n) is 6.41. The molecular weight excluding hydrogens is 256 g/mol. The molecule has 1 heterocycles. The third-order valence-electron chi connectivity index (χ3n) is 2.79. The van der Waals surface area contributed by atoms with Crippen molar-refractivity contribution in [3.05, 3.63) is 48.4 Å². The molecule has 0 saturated heterocycles. The summed E-state index contributed by atoms with van der Waals surface area (Å²) in [6, 6.07) is 11.5. The molecule has 0 aliphatic rings. The highest BCUT2D eigenvalue weighted by Gasteiger charge is 2.07. The Morgan fingerprint density at radius 3 is 2.80 bits per heavy atom. The monoisotopic (exact) mass is 274 g/mol. The first-order valence-corrected chi connectivity index (χ1v) is 6.41.